The number of carbonyl (C=O) groups excluding carboxylic acids is 1. The van der Waals surface area contributed by atoms with Gasteiger partial charge >= 0.3 is 0 Å². The number of carbonyl (C=O) groups is 1. The SMILES string of the molecule is COc1ccccc1-c1cc(C(=O)N2CCc3ccccc3C2)n2nc(-c3ccc(Cl)cc3)cc2n1. The summed E-state index contributed by atoms with van der Waals surface area (Å²) in [7, 11) is 1.63. The molecule has 3 heterocycles. The molecule has 0 unspecified atom stereocenters. The second-order valence-corrected chi connectivity index (χ2v) is 9.22. The lowest BCUT2D eigenvalue weighted by Gasteiger charge is -2.29. The van der Waals surface area contributed by atoms with E-state index in [1.54, 1.807) is 11.6 Å². The first kappa shape index (κ1) is 22.3. The van der Waals surface area contributed by atoms with Gasteiger partial charge in [0.2, 0.25) is 0 Å². The highest BCUT2D eigenvalue weighted by Crippen LogP contribution is 2.31. The summed E-state index contributed by atoms with van der Waals surface area (Å²) in [5.74, 6) is 0.607. The van der Waals surface area contributed by atoms with E-state index in [9.17, 15) is 4.79 Å². The second kappa shape index (κ2) is 9.13. The minimum absolute atomic E-state index is 0.0844. The zero-order valence-electron chi connectivity index (χ0n) is 19.7. The Morgan fingerprint density at radius 3 is 2.47 bits per heavy atom. The summed E-state index contributed by atoms with van der Waals surface area (Å²) >= 11 is 6.08. The van der Waals surface area contributed by atoms with Gasteiger partial charge in [0, 0.05) is 35.3 Å². The Morgan fingerprint density at radius 1 is 0.917 bits per heavy atom. The maximum atomic E-state index is 13.9. The van der Waals surface area contributed by atoms with Crippen LogP contribution < -0.4 is 4.74 Å². The molecule has 0 saturated heterocycles. The molecule has 1 aliphatic rings. The average molecular weight is 495 g/mol. The van der Waals surface area contributed by atoms with E-state index in [2.05, 4.69) is 12.1 Å². The largest absolute Gasteiger partial charge is 0.496 e. The quantitative estimate of drug-likeness (QED) is 0.311. The third-order valence-corrected chi connectivity index (χ3v) is 6.84. The number of amides is 1. The van der Waals surface area contributed by atoms with Crippen LogP contribution in [0.15, 0.2) is 84.9 Å². The minimum atomic E-state index is -0.0844. The average Bonchev–Trinajstić information content (AvgIpc) is 3.36. The zero-order valence-corrected chi connectivity index (χ0v) is 20.4. The number of aromatic nitrogens is 3. The van der Waals surface area contributed by atoms with E-state index in [0.717, 1.165) is 23.2 Å². The van der Waals surface area contributed by atoms with E-state index in [1.165, 1.54) is 11.1 Å². The number of hydrogen-bond donors (Lipinski definition) is 0. The van der Waals surface area contributed by atoms with Crippen molar-refractivity contribution >= 4 is 23.2 Å². The molecule has 178 valence electrons. The fourth-order valence-corrected chi connectivity index (χ4v) is 4.84. The van der Waals surface area contributed by atoms with Crippen LogP contribution in [-0.2, 0) is 13.0 Å². The van der Waals surface area contributed by atoms with Crippen LogP contribution in [0.25, 0.3) is 28.2 Å². The lowest BCUT2D eigenvalue weighted by Crippen LogP contribution is -2.37. The van der Waals surface area contributed by atoms with Gasteiger partial charge in [-0.2, -0.15) is 5.10 Å². The molecule has 36 heavy (non-hydrogen) atoms. The van der Waals surface area contributed by atoms with Crippen molar-refractivity contribution in [2.45, 2.75) is 13.0 Å². The summed E-state index contributed by atoms with van der Waals surface area (Å²) in [4.78, 5) is 20.7. The smallest absolute Gasteiger partial charge is 0.272 e. The molecule has 7 heteroatoms. The number of halogens is 1. The summed E-state index contributed by atoms with van der Waals surface area (Å²) in [6.07, 6.45) is 0.824. The summed E-state index contributed by atoms with van der Waals surface area (Å²) in [5.41, 5.74) is 6.60. The molecule has 3 aromatic carbocycles. The Bertz CT molecular complexity index is 1590. The fraction of sp³-hybridized carbons (Fsp3) is 0.138. The molecule has 0 bridgehead atoms. The van der Waals surface area contributed by atoms with Crippen molar-refractivity contribution in [1.29, 1.82) is 0 Å². The monoisotopic (exact) mass is 494 g/mol. The van der Waals surface area contributed by atoms with Gasteiger partial charge in [0.05, 0.1) is 18.5 Å². The van der Waals surface area contributed by atoms with Crippen molar-refractivity contribution < 1.29 is 9.53 Å². The topological polar surface area (TPSA) is 59.7 Å². The van der Waals surface area contributed by atoms with Crippen LogP contribution in [0.4, 0.5) is 0 Å². The predicted octanol–water partition coefficient (Wildman–Crippen LogP) is 5.92. The van der Waals surface area contributed by atoms with Crippen LogP contribution in [0.2, 0.25) is 5.02 Å². The highest BCUT2D eigenvalue weighted by atomic mass is 35.5. The standard InChI is InChI=1S/C29H23ClN4O2/c1-36-27-9-5-4-8-23(27)25-16-26(29(35)33-15-14-19-6-2-3-7-21(19)18-33)34-28(31-25)17-24(32-34)20-10-12-22(30)13-11-20/h2-13,16-17H,14-15,18H2,1H3. The van der Waals surface area contributed by atoms with E-state index in [4.69, 9.17) is 26.4 Å². The molecule has 0 radical (unpaired) electrons. The molecular weight excluding hydrogens is 472 g/mol. The summed E-state index contributed by atoms with van der Waals surface area (Å²) in [6.45, 7) is 1.21. The number of ether oxygens (including phenoxy) is 1. The van der Waals surface area contributed by atoms with E-state index in [-0.39, 0.29) is 5.91 Å². The van der Waals surface area contributed by atoms with Crippen molar-refractivity contribution in [2.24, 2.45) is 0 Å². The first-order chi connectivity index (χ1) is 17.6. The van der Waals surface area contributed by atoms with Gasteiger partial charge in [-0.05, 0) is 47.9 Å². The zero-order chi connectivity index (χ0) is 24.6. The van der Waals surface area contributed by atoms with Gasteiger partial charge in [-0.1, -0.05) is 60.1 Å². The van der Waals surface area contributed by atoms with Crippen LogP contribution in [-0.4, -0.2) is 39.1 Å². The van der Waals surface area contributed by atoms with Gasteiger partial charge < -0.3 is 9.64 Å². The normalized spacial score (nSPS) is 13.0. The summed E-state index contributed by atoms with van der Waals surface area (Å²) < 4.78 is 7.23. The molecule has 0 spiro atoms. The number of rotatable bonds is 4. The third kappa shape index (κ3) is 3.99. The molecule has 0 aliphatic carbocycles. The third-order valence-electron chi connectivity index (χ3n) is 6.59. The van der Waals surface area contributed by atoms with Crippen LogP contribution in [0.5, 0.6) is 5.75 Å². The summed E-state index contributed by atoms with van der Waals surface area (Å²) in [6, 6.07) is 27.1. The number of nitrogens with zero attached hydrogens (tertiary/aromatic N) is 4. The van der Waals surface area contributed by atoms with Gasteiger partial charge in [0.15, 0.2) is 5.65 Å². The van der Waals surface area contributed by atoms with Crippen LogP contribution in [0, 0.1) is 0 Å². The van der Waals surface area contributed by atoms with Gasteiger partial charge in [-0.15, -0.1) is 0 Å². The lowest BCUT2D eigenvalue weighted by molar-refractivity contribution is 0.0725. The first-order valence-electron chi connectivity index (χ1n) is 11.8. The summed E-state index contributed by atoms with van der Waals surface area (Å²) in [5, 5.41) is 5.44. The Kier molecular flexibility index (Phi) is 5.66. The molecule has 5 aromatic rings. The predicted molar refractivity (Wildman–Crippen MR) is 140 cm³/mol. The van der Waals surface area contributed by atoms with Crippen LogP contribution >= 0.6 is 11.6 Å². The van der Waals surface area contributed by atoms with Gasteiger partial charge in [0.1, 0.15) is 11.4 Å². The Morgan fingerprint density at radius 2 is 1.67 bits per heavy atom. The molecule has 2 aromatic heterocycles. The molecule has 1 aliphatic heterocycles. The maximum absolute atomic E-state index is 13.9. The number of fused-ring (bicyclic) bond motifs is 2. The molecule has 6 nitrogen and oxygen atoms in total. The van der Waals surface area contributed by atoms with Crippen molar-refractivity contribution in [2.75, 3.05) is 13.7 Å². The first-order valence-corrected chi connectivity index (χ1v) is 12.1. The number of para-hydroxylation sites is 1. The maximum Gasteiger partial charge on any atom is 0.272 e. The minimum Gasteiger partial charge on any atom is -0.496 e. The van der Waals surface area contributed by atoms with E-state index in [0.29, 0.717) is 40.9 Å². The van der Waals surface area contributed by atoms with E-state index < -0.39 is 0 Å². The Labute approximate surface area is 213 Å². The van der Waals surface area contributed by atoms with Crippen molar-refractivity contribution in [3.8, 4) is 28.3 Å². The molecule has 0 saturated carbocycles. The highest BCUT2D eigenvalue weighted by Gasteiger charge is 2.26. The van der Waals surface area contributed by atoms with Crippen molar-refractivity contribution in [3.05, 3.63) is 107 Å². The molecule has 0 fully saturated rings. The molecular formula is C29H23ClN4O2. The Hall–Kier alpha value is -4.16. The van der Waals surface area contributed by atoms with Crippen LogP contribution in [0.3, 0.4) is 0 Å². The van der Waals surface area contributed by atoms with Gasteiger partial charge in [0.25, 0.3) is 5.91 Å². The molecule has 6 rings (SSSR count). The van der Waals surface area contributed by atoms with E-state index in [1.807, 2.05) is 77.7 Å². The number of benzene rings is 3. The van der Waals surface area contributed by atoms with Gasteiger partial charge in [-0.3, -0.25) is 4.79 Å². The Balaban J connectivity index is 1.49. The fourth-order valence-electron chi connectivity index (χ4n) is 4.71. The molecule has 1 amide bonds. The highest BCUT2D eigenvalue weighted by molar-refractivity contribution is 6.30. The van der Waals surface area contributed by atoms with Crippen molar-refractivity contribution in [1.82, 2.24) is 19.5 Å². The molecule has 0 atom stereocenters. The van der Waals surface area contributed by atoms with Crippen molar-refractivity contribution in [3.63, 3.8) is 0 Å². The number of methoxy groups -OCH3 is 1. The molecule has 0 N–H and O–H groups in total. The van der Waals surface area contributed by atoms with Gasteiger partial charge in [-0.25, -0.2) is 9.50 Å². The second-order valence-electron chi connectivity index (χ2n) is 8.78. The van der Waals surface area contributed by atoms with Crippen LogP contribution in [0.1, 0.15) is 21.6 Å². The number of hydrogen-bond acceptors (Lipinski definition) is 4. The van der Waals surface area contributed by atoms with E-state index >= 15 is 0 Å². The lowest BCUT2D eigenvalue weighted by atomic mass is 9.99.